The number of hydrogen-bond donors (Lipinski definition) is 1. The van der Waals surface area contributed by atoms with Gasteiger partial charge in [-0.3, -0.25) is 4.79 Å². The van der Waals surface area contributed by atoms with Gasteiger partial charge in [-0.15, -0.1) is 12.4 Å². The van der Waals surface area contributed by atoms with Gasteiger partial charge in [0.2, 0.25) is 5.91 Å². The molecule has 19 heavy (non-hydrogen) atoms. The van der Waals surface area contributed by atoms with Crippen LogP contribution in [0.2, 0.25) is 0 Å². The number of likely N-dealkylation sites (tertiary alicyclic amines) is 1. The number of hydrogen-bond acceptors (Lipinski definition) is 2. The maximum absolute atomic E-state index is 12.7. The van der Waals surface area contributed by atoms with E-state index in [-0.39, 0.29) is 12.4 Å². The van der Waals surface area contributed by atoms with Crippen molar-refractivity contribution in [2.45, 2.75) is 44.6 Å². The second-order valence-corrected chi connectivity index (χ2v) is 6.93. The second kappa shape index (κ2) is 4.92. The maximum atomic E-state index is 12.7. The van der Waals surface area contributed by atoms with Crippen molar-refractivity contribution >= 4 is 18.3 Å². The number of nitrogens with two attached hydrogens (primary N) is 1. The van der Waals surface area contributed by atoms with Crippen LogP contribution in [0, 0.1) is 29.6 Å². The van der Waals surface area contributed by atoms with Crippen molar-refractivity contribution in [1.29, 1.82) is 0 Å². The number of piperidine rings is 1. The molecule has 1 aliphatic heterocycles. The van der Waals surface area contributed by atoms with Gasteiger partial charge in [-0.25, -0.2) is 0 Å². The molecule has 108 valence electrons. The molecule has 2 bridgehead atoms. The van der Waals surface area contributed by atoms with Gasteiger partial charge >= 0.3 is 0 Å². The number of halogens is 1. The Morgan fingerprint density at radius 2 is 1.79 bits per heavy atom. The Kier molecular flexibility index (Phi) is 3.55. The molecular weight excluding hydrogens is 260 g/mol. The van der Waals surface area contributed by atoms with Crippen LogP contribution in [0.4, 0.5) is 0 Å². The molecule has 3 saturated carbocycles. The Bertz CT molecular complexity index is 359. The van der Waals surface area contributed by atoms with Crippen LogP contribution in [-0.2, 0) is 4.79 Å². The Morgan fingerprint density at radius 1 is 1.11 bits per heavy atom. The monoisotopic (exact) mass is 284 g/mol. The zero-order chi connectivity index (χ0) is 12.3. The van der Waals surface area contributed by atoms with E-state index in [1.807, 2.05) is 0 Å². The van der Waals surface area contributed by atoms with Gasteiger partial charge in [-0.2, -0.15) is 0 Å². The molecular formula is C15H25ClN2O. The van der Waals surface area contributed by atoms with Crippen molar-refractivity contribution in [3.05, 3.63) is 0 Å². The van der Waals surface area contributed by atoms with E-state index in [2.05, 4.69) is 4.90 Å². The number of amides is 1. The first-order chi connectivity index (χ1) is 8.81. The quantitative estimate of drug-likeness (QED) is 0.843. The summed E-state index contributed by atoms with van der Waals surface area (Å²) in [6, 6.07) is 0.338. The third kappa shape index (κ3) is 1.92. The first-order valence-corrected chi connectivity index (χ1v) is 7.82. The van der Waals surface area contributed by atoms with E-state index in [9.17, 15) is 4.79 Å². The van der Waals surface area contributed by atoms with Crippen molar-refractivity contribution in [2.24, 2.45) is 35.3 Å². The van der Waals surface area contributed by atoms with Gasteiger partial charge in [0, 0.05) is 25.0 Å². The molecule has 0 spiro atoms. The number of carbonyl (C=O) groups excluding carboxylic acids is 1. The standard InChI is InChI=1S/C15H24N2O.ClH/c16-8-11-3-1-2-6-17(11)15(18)14-12-9-4-5-10(7-9)13(12)14;/h9-14H,1-8,16H2;1H. The zero-order valence-corrected chi connectivity index (χ0v) is 12.3. The molecule has 0 aromatic heterocycles. The van der Waals surface area contributed by atoms with Crippen molar-refractivity contribution in [2.75, 3.05) is 13.1 Å². The average molecular weight is 285 g/mol. The van der Waals surface area contributed by atoms with Crippen LogP contribution in [0.3, 0.4) is 0 Å². The van der Waals surface area contributed by atoms with Crippen LogP contribution >= 0.6 is 12.4 Å². The Hall–Kier alpha value is -0.280. The molecule has 5 atom stereocenters. The minimum atomic E-state index is 0. The summed E-state index contributed by atoms with van der Waals surface area (Å²) >= 11 is 0. The lowest BCUT2D eigenvalue weighted by Crippen LogP contribution is -2.48. The van der Waals surface area contributed by atoms with E-state index in [4.69, 9.17) is 5.73 Å². The minimum Gasteiger partial charge on any atom is -0.338 e. The van der Waals surface area contributed by atoms with E-state index in [0.29, 0.717) is 24.4 Å². The van der Waals surface area contributed by atoms with Gasteiger partial charge < -0.3 is 10.6 Å². The molecule has 4 fully saturated rings. The van der Waals surface area contributed by atoms with Gasteiger partial charge in [-0.1, -0.05) is 0 Å². The summed E-state index contributed by atoms with van der Waals surface area (Å²) in [6.45, 7) is 1.62. The molecule has 1 heterocycles. The highest BCUT2D eigenvalue weighted by atomic mass is 35.5. The van der Waals surface area contributed by atoms with E-state index in [1.54, 1.807) is 0 Å². The topological polar surface area (TPSA) is 46.3 Å². The summed E-state index contributed by atoms with van der Waals surface area (Å²) in [6.07, 6.45) is 7.77. The molecule has 4 rings (SSSR count). The molecule has 2 N–H and O–H groups in total. The fraction of sp³-hybridized carbons (Fsp3) is 0.933. The lowest BCUT2D eigenvalue weighted by atomic mass is 9.98. The predicted molar refractivity (Wildman–Crippen MR) is 77.0 cm³/mol. The number of nitrogens with zero attached hydrogens (tertiary/aromatic N) is 1. The number of fused-ring (bicyclic) bond motifs is 5. The lowest BCUT2D eigenvalue weighted by Gasteiger charge is -2.35. The highest BCUT2D eigenvalue weighted by Crippen LogP contribution is 2.69. The summed E-state index contributed by atoms with van der Waals surface area (Å²) in [5.41, 5.74) is 5.84. The second-order valence-electron chi connectivity index (χ2n) is 6.93. The first-order valence-electron chi connectivity index (χ1n) is 7.82. The van der Waals surface area contributed by atoms with Crippen LogP contribution < -0.4 is 5.73 Å². The molecule has 3 aliphatic carbocycles. The van der Waals surface area contributed by atoms with Gasteiger partial charge in [0.25, 0.3) is 0 Å². The van der Waals surface area contributed by atoms with Crippen LogP contribution in [0.5, 0.6) is 0 Å². The highest BCUT2D eigenvalue weighted by Gasteiger charge is 2.68. The number of rotatable bonds is 2. The van der Waals surface area contributed by atoms with Gasteiger partial charge in [0.1, 0.15) is 0 Å². The third-order valence-electron chi connectivity index (χ3n) is 6.20. The molecule has 1 amide bonds. The average Bonchev–Trinajstić information content (AvgIpc) is 2.85. The molecule has 0 aromatic rings. The van der Waals surface area contributed by atoms with E-state index >= 15 is 0 Å². The molecule has 1 saturated heterocycles. The first kappa shape index (κ1) is 13.7. The summed E-state index contributed by atoms with van der Waals surface area (Å²) in [4.78, 5) is 14.9. The van der Waals surface area contributed by atoms with Gasteiger partial charge in [-0.05, 0) is 62.2 Å². The van der Waals surface area contributed by atoms with Gasteiger partial charge in [0.05, 0.1) is 0 Å². The molecule has 3 nitrogen and oxygen atoms in total. The normalized spacial score (nSPS) is 46.7. The summed E-state index contributed by atoms with van der Waals surface area (Å²) < 4.78 is 0. The smallest absolute Gasteiger partial charge is 0.226 e. The Labute approximate surface area is 121 Å². The third-order valence-corrected chi connectivity index (χ3v) is 6.20. The largest absolute Gasteiger partial charge is 0.338 e. The van der Waals surface area contributed by atoms with Crippen molar-refractivity contribution in [3.63, 3.8) is 0 Å². The summed E-state index contributed by atoms with van der Waals surface area (Å²) in [5.74, 6) is 4.22. The molecule has 0 radical (unpaired) electrons. The lowest BCUT2D eigenvalue weighted by molar-refractivity contribution is -0.137. The molecule has 0 aromatic carbocycles. The van der Waals surface area contributed by atoms with Crippen LogP contribution in [0.15, 0.2) is 0 Å². The maximum Gasteiger partial charge on any atom is 0.226 e. The van der Waals surface area contributed by atoms with Crippen LogP contribution in [0.1, 0.15) is 38.5 Å². The SMILES string of the molecule is Cl.NCC1CCCCN1C(=O)C1C2C3CCC(C3)C12. The zero-order valence-electron chi connectivity index (χ0n) is 11.5. The Morgan fingerprint density at radius 3 is 2.42 bits per heavy atom. The van der Waals surface area contributed by atoms with E-state index < -0.39 is 0 Å². The fourth-order valence-corrected chi connectivity index (χ4v) is 5.38. The molecule has 5 unspecified atom stereocenters. The van der Waals surface area contributed by atoms with E-state index in [1.165, 1.54) is 32.1 Å². The minimum absolute atomic E-state index is 0. The van der Waals surface area contributed by atoms with Crippen molar-refractivity contribution in [3.8, 4) is 0 Å². The molecule has 4 aliphatic rings. The summed E-state index contributed by atoms with van der Waals surface area (Å²) in [5, 5.41) is 0. The van der Waals surface area contributed by atoms with Crippen LogP contribution in [-0.4, -0.2) is 29.9 Å². The Balaban J connectivity index is 0.00000110. The fourth-order valence-electron chi connectivity index (χ4n) is 5.38. The van der Waals surface area contributed by atoms with Crippen molar-refractivity contribution < 1.29 is 4.79 Å². The highest BCUT2D eigenvalue weighted by molar-refractivity contribution is 5.85. The van der Waals surface area contributed by atoms with Crippen molar-refractivity contribution in [1.82, 2.24) is 4.90 Å². The van der Waals surface area contributed by atoms with Gasteiger partial charge in [0.15, 0.2) is 0 Å². The van der Waals surface area contributed by atoms with E-state index in [0.717, 1.165) is 36.6 Å². The van der Waals surface area contributed by atoms with Crippen LogP contribution in [0.25, 0.3) is 0 Å². The summed E-state index contributed by atoms with van der Waals surface area (Å²) in [7, 11) is 0. The predicted octanol–water partition coefficient (Wildman–Crippen LogP) is 2.04. The molecule has 4 heteroatoms. The number of carbonyl (C=O) groups is 1.